The van der Waals surface area contributed by atoms with Crippen LogP contribution in [0.5, 0.6) is 0 Å². The van der Waals surface area contributed by atoms with Gasteiger partial charge in [-0.25, -0.2) is 4.98 Å². The Labute approximate surface area is 156 Å². The van der Waals surface area contributed by atoms with E-state index >= 15 is 0 Å². The van der Waals surface area contributed by atoms with Crippen molar-refractivity contribution < 1.29 is 9.59 Å². The predicted octanol–water partition coefficient (Wildman–Crippen LogP) is 2.78. The van der Waals surface area contributed by atoms with Gasteiger partial charge in [0.2, 0.25) is 5.91 Å². The number of thiazole rings is 1. The van der Waals surface area contributed by atoms with E-state index in [2.05, 4.69) is 15.6 Å². The third-order valence-electron chi connectivity index (χ3n) is 4.21. The van der Waals surface area contributed by atoms with Crippen LogP contribution in [0.3, 0.4) is 0 Å². The van der Waals surface area contributed by atoms with E-state index in [1.807, 2.05) is 61.1 Å². The smallest absolute Gasteiger partial charge is 0.252 e. The Kier molecular flexibility index (Phi) is 5.37. The van der Waals surface area contributed by atoms with Crippen LogP contribution in [0.1, 0.15) is 35.5 Å². The van der Waals surface area contributed by atoms with E-state index < -0.39 is 6.04 Å². The van der Waals surface area contributed by atoms with Crippen LogP contribution < -0.4 is 10.6 Å². The molecule has 0 aliphatic carbocycles. The number of hydrogen-bond donors (Lipinski definition) is 2. The predicted molar refractivity (Wildman–Crippen MR) is 102 cm³/mol. The molecule has 2 aromatic heterocycles. The quantitative estimate of drug-likeness (QED) is 0.701. The van der Waals surface area contributed by atoms with Gasteiger partial charge in [-0.2, -0.15) is 0 Å². The van der Waals surface area contributed by atoms with E-state index in [0.29, 0.717) is 12.1 Å². The second-order valence-corrected chi connectivity index (χ2v) is 7.43. The molecule has 2 amide bonds. The second kappa shape index (κ2) is 7.70. The number of aromatic nitrogens is 2. The van der Waals surface area contributed by atoms with Crippen LogP contribution >= 0.6 is 11.3 Å². The molecule has 1 atom stereocenters. The zero-order valence-electron chi connectivity index (χ0n) is 15.0. The van der Waals surface area contributed by atoms with Gasteiger partial charge >= 0.3 is 0 Å². The molecule has 26 heavy (non-hydrogen) atoms. The lowest BCUT2D eigenvalue weighted by molar-refractivity contribution is -0.124. The number of carbonyl (C=O) groups excluding carboxylic acids is 2. The Morgan fingerprint density at radius 1 is 1.27 bits per heavy atom. The Morgan fingerprint density at radius 2 is 2.04 bits per heavy atom. The number of rotatable bonds is 6. The van der Waals surface area contributed by atoms with Crippen LogP contribution in [0.2, 0.25) is 0 Å². The number of aryl methyl sites for hydroxylation is 1. The zero-order chi connectivity index (χ0) is 18.7. The lowest BCUT2D eigenvalue weighted by Crippen LogP contribution is -2.49. The molecular weight excluding hydrogens is 348 g/mol. The molecule has 0 radical (unpaired) electrons. The maximum Gasteiger partial charge on any atom is 0.252 e. The first-order valence-corrected chi connectivity index (χ1v) is 9.39. The van der Waals surface area contributed by atoms with Crippen molar-refractivity contribution >= 4 is 28.1 Å². The molecule has 0 aliphatic rings. The molecule has 136 valence electrons. The fourth-order valence-corrected chi connectivity index (χ4v) is 3.45. The number of amides is 2. The van der Waals surface area contributed by atoms with Gasteiger partial charge in [0, 0.05) is 23.3 Å². The highest BCUT2D eigenvalue weighted by molar-refractivity contribution is 7.15. The van der Waals surface area contributed by atoms with Crippen molar-refractivity contribution in [2.24, 2.45) is 5.92 Å². The van der Waals surface area contributed by atoms with Gasteiger partial charge in [-0.3, -0.25) is 14.0 Å². The van der Waals surface area contributed by atoms with Crippen LogP contribution in [0.25, 0.3) is 4.96 Å². The molecule has 3 aromatic rings. The third kappa shape index (κ3) is 3.94. The zero-order valence-corrected chi connectivity index (χ0v) is 15.8. The molecule has 2 heterocycles. The molecule has 1 aromatic carbocycles. The average Bonchev–Trinajstić information content (AvgIpc) is 3.19. The van der Waals surface area contributed by atoms with Crippen molar-refractivity contribution in [3.63, 3.8) is 0 Å². The van der Waals surface area contributed by atoms with Crippen LogP contribution in [0, 0.1) is 12.8 Å². The van der Waals surface area contributed by atoms with E-state index in [4.69, 9.17) is 0 Å². The van der Waals surface area contributed by atoms with Crippen molar-refractivity contribution in [2.75, 3.05) is 0 Å². The minimum Gasteiger partial charge on any atom is -0.349 e. The van der Waals surface area contributed by atoms with Gasteiger partial charge in [0.25, 0.3) is 5.91 Å². The van der Waals surface area contributed by atoms with Crippen molar-refractivity contribution in [3.8, 4) is 0 Å². The third-order valence-corrected chi connectivity index (χ3v) is 4.98. The van der Waals surface area contributed by atoms with Gasteiger partial charge in [0.15, 0.2) is 4.96 Å². The fraction of sp³-hybridized carbons (Fsp3) is 0.316. The summed E-state index contributed by atoms with van der Waals surface area (Å²) in [6.45, 7) is 6.03. The van der Waals surface area contributed by atoms with E-state index in [0.717, 1.165) is 16.2 Å². The first-order valence-electron chi connectivity index (χ1n) is 8.51. The first kappa shape index (κ1) is 18.1. The number of benzene rings is 1. The highest BCUT2D eigenvalue weighted by Crippen LogP contribution is 2.12. The summed E-state index contributed by atoms with van der Waals surface area (Å²) in [5.74, 6) is -0.480. The summed E-state index contributed by atoms with van der Waals surface area (Å²) >= 11 is 1.54. The number of hydrogen-bond acceptors (Lipinski definition) is 4. The van der Waals surface area contributed by atoms with Gasteiger partial charge in [-0.05, 0) is 24.5 Å². The highest BCUT2D eigenvalue weighted by Gasteiger charge is 2.25. The van der Waals surface area contributed by atoms with Gasteiger partial charge in [-0.15, -0.1) is 11.3 Å². The Bertz CT molecular complexity index is 900. The summed E-state index contributed by atoms with van der Waals surface area (Å²) in [7, 11) is 0. The highest BCUT2D eigenvalue weighted by atomic mass is 32.1. The monoisotopic (exact) mass is 370 g/mol. The van der Waals surface area contributed by atoms with Crippen LogP contribution in [0.15, 0.2) is 42.0 Å². The molecule has 7 heteroatoms. The molecular formula is C19H22N4O2S. The van der Waals surface area contributed by atoms with E-state index in [9.17, 15) is 9.59 Å². The summed E-state index contributed by atoms with van der Waals surface area (Å²) in [5.41, 5.74) is 2.25. The van der Waals surface area contributed by atoms with Crippen molar-refractivity contribution in [1.29, 1.82) is 0 Å². The largest absolute Gasteiger partial charge is 0.349 e. The Morgan fingerprint density at radius 3 is 2.73 bits per heavy atom. The molecule has 0 saturated carbocycles. The van der Waals surface area contributed by atoms with Gasteiger partial charge in [-0.1, -0.05) is 32.0 Å². The second-order valence-electron chi connectivity index (χ2n) is 6.55. The topological polar surface area (TPSA) is 75.5 Å². The molecule has 1 unspecified atom stereocenters. The fourth-order valence-electron chi connectivity index (χ4n) is 2.73. The lowest BCUT2D eigenvalue weighted by atomic mass is 10.0. The molecule has 0 aliphatic heterocycles. The van der Waals surface area contributed by atoms with Crippen LogP contribution in [-0.4, -0.2) is 27.2 Å². The summed E-state index contributed by atoms with van der Waals surface area (Å²) in [5, 5.41) is 7.69. The molecule has 0 spiro atoms. The minimum absolute atomic E-state index is 0.0338. The maximum atomic E-state index is 12.6. The average molecular weight is 370 g/mol. The Hall–Kier alpha value is -2.67. The normalized spacial score (nSPS) is 12.3. The number of imidazole rings is 1. The standard InChI is InChI=1S/C19H22N4O2S/c1-12(2)16(22-17(24)15-7-5-4-6-13(15)3)18(25)20-10-14-11-23-8-9-26-19(23)21-14/h4-9,11-12,16H,10H2,1-3H3,(H,20,25)(H,22,24). The minimum atomic E-state index is -0.606. The van der Waals surface area contributed by atoms with Gasteiger partial charge in [0.05, 0.1) is 12.2 Å². The first-order chi connectivity index (χ1) is 12.5. The Balaban J connectivity index is 1.64. The molecule has 0 fully saturated rings. The molecule has 2 N–H and O–H groups in total. The summed E-state index contributed by atoms with van der Waals surface area (Å²) < 4.78 is 1.92. The van der Waals surface area contributed by atoms with Gasteiger partial charge < -0.3 is 10.6 Å². The van der Waals surface area contributed by atoms with E-state index in [1.54, 1.807) is 17.4 Å². The number of carbonyl (C=O) groups is 2. The number of nitrogens with zero attached hydrogens (tertiary/aromatic N) is 2. The summed E-state index contributed by atoms with van der Waals surface area (Å²) in [6, 6.07) is 6.73. The number of nitrogens with one attached hydrogen (secondary N) is 2. The molecule has 0 saturated heterocycles. The van der Waals surface area contributed by atoms with Crippen LogP contribution in [0.4, 0.5) is 0 Å². The number of fused-ring (bicyclic) bond motifs is 1. The van der Waals surface area contributed by atoms with Crippen molar-refractivity contribution in [2.45, 2.75) is 33.4 Å². The lowest BCUT2D eigenvalue weighted by Gasteiger charge is -2.22. The molecule has 0 bridgehead atoms. The van der Waals surface area contributed by atoms with Crippen molar-refractivity contribution in [3.05, 3.63) is 58.9 Å². The SMILES string of the molecule is Cc1ccccc1C(=O)NC(C(=O)NCc1cn2ccsc2n1)C(C)C. The maximum absolute atomic E-state index is 12.6. The van der Waals surface area contributed by atoms with Crippen LogP contribution in [-0.2, 0) is 11.3 Å². The van der Waals surface area contributed by atoms with E-state index in [1.165, 1.54) is 0 Å². The summed E-state index contributed by atoms with van der Waals surface area (Å²) in [4.78, 5) is 30.5. The summed E-state index contributed by atoms with van der Waals surface area (Å²) in [6.07, 6.45) is 3.82. The molecule has 6 nitrogen and oxygen atoms in total. The van der Waals surface area contributed by atoms with Crippen molar-refractivity contribution in [1.82, 2.24) is 20.0 Å². The molecule has 3 rings (SSSR count). The van der Waals surface area contributed by atoms with E-state index in [-0.39, 0.29) is 17.7 Å². The van der Waals surface area contributed by atoms with Gasteiger partial charge in [0.1, 0.15) is 6.04 Å².